The van der Waals surface area contributed by atoms with Crippen molar-refractivity contribution < 1.29 is 8.42 Å². The fraction of sp³-hybridized carbons (Fsp3) is 1.00. The summed E-state index contributed by atoms with van der Waals surface area (Å²) < 4.78 is 25.2. The fourth-order valence-electron chi connectivity index (χ4n) is 3.18. The van der Waals surface area contributed by atoms with Crippen molar-refractivity contribution in [3.63, 3.8) is 0 Å². The summed E-state index contributed by atoms with van der Waals surface area (Å²) in [4.78, 5) is 2.44. The Morgan fingerprint density at radius 3 is 2.67 bits per heavy atom. The van der Waals surface area contributed by atoms with E-state index in [-0.39, 0.29) is 6.04 Å². The molecule has 2 aliphatic rings. The van der Waals surface area contributed by atoms with Gasteiger partial charge in [0.25, 0.3) is 0 Å². The van der Waals surface area contributed by atoms with Crippen LogP contribution in [0, 0.1) is 5.41 Å². The highest BCUT2D eigenvalue weighted by molar-refractivity contribution is 7.98. The lowest BCUT2D eigenvalue weighted by Crippen LogP contribution is -2.44. The summed E-state index contributed by atoms with van der Waals surface area (Å²) in [5, 5.41) is 0. The first-order valence-corrected chi connectivity index (χ1v) is 9.90. The quantitative estimate of drug-likeness (QED) is 0.798. The van der Waals surface area contributed by atoms with E-state index in [9.17, 15) is 8.42 Å². The molecule has 0 bridgehead atoms. The largest absolute Gasteiger partial charge is 0.301 e. The van der Waals surface area contributed by atoms with Crippen LogP contribution in [0.2, 0.25) is 0 Å². The van der Waals surface area contributed by atoms with Crippen molar-refractivity contribution in [2.75, 3.05) is 37.9 Å². The molecular formula is C12H24N2O2S2. The molecule has 1 N–H and O–H groups in total. The van der Waals surface area contributed by atoms with Crippen molar-refractivity contribution in [2.24, 2.45) is 5.41 Å². The van der Waals surface area contributed by atoms with Gasteiger partial charge in [-0.15, -0.1) is 0 Å². The van der Waals surface area contributed by atoms with E-state index in [0.717, 1.165) is 26.1 Å². The third-order valence-corrected chi connectivity index (χ3v) is 5.74. The second-order valence-corrected chi connectivity index (χ2v) is 8.54. The van der Waals surface area contributed by atoms with Gasteiger partial charge in [0.1, 0.15) is 0 Å². The molecule has 1 saturated carbocycles. The lowest BCUT2D eigenvalue weighted by Gasteiger charge is -2.44. The summed E-state index contributed by atoms with van der Waals surface area (Å²) in [7, 11) is -3.06. The van der Waals surface area contributed by atoms with Crippen molar-refractivity contribution >= 4 is 21.8 Å². The van der Waals surface area contributed by atoms with Crippen LogP contribution in [-0.4, -0.2) is 57.3 Å². The molecule has 0 spiro atoms. The maximum Gasteiger partial charge on any atom is 0.208 e. The molecule has 106 valence electrons. The van der Waals surface area contributed by atoms with Gasteiger partial charge in [0, 0.05) is 19.1 Å². The van der Waals surface area contributed by atoms with Crippen LogP contribution in [0.4, 0.5) is 0 Å². The fourth-order valence-corrected chi connectivity index (χ4v) is 4.97. The van der Waals surface area contributed by atoms with Crippen LogP contribution in [0.5, 0.6) is 0 Å². The van der Waals surface area contributed by atoms with Gasteiger partial charge in [0.15, 0.2) is 0 Å². The molecule has 1 atom stereocenters. The number of likely N-dealkylation sites (tertiary alicyclic amines) is 1. The van der Waals surface area contributed by atoms with Gasteiger partial charge < -0.3 is 4.90 Å². The van der Waals surface area contributed by atoms with Crippen LogP contribution in [0.3, 0.4) is 0 Å². The number of thioether (sulfide) groups is 1. The molecule has 0 aromatic carbocycles. The Hall–Kier alpha value is 0.220. The van der Waals surface area contributed by atoms with Gasteiger partial charge in [-0.3, -0.25) is 0 Å². The Kier molecular flexibility index (Phi) is 4.62. The minimum Gasteiger partial charge on any atom is -0.301 e. The number of hydrogen-bond acceptors (Lipinski definition) is 4. The highest BCUT2D eigenvalue weighted by Crippen LogP contribution is 2.44. The van der Waals surface area contributed by atoms with Crippen LogP contribution in [0.25, 0.3) is 0 Å². The Morgan fingerprint density at radius 2 is 2.17 bits per heavy atom. The van der Waals surface area contributed by atoms with Crippen LogP contribution in [-0.2, 0) is 10.0 Å². The second-order valence-electron chi connectivity index (χ2n) is 5.90. The number of nitrogens with zero attached hydrogens (tertiary/aromatic N) is 1. The van der Waals surface area contributed by atoms with Crippen molar-refractivity contribution in [2.45, 2.75) is 31.7 Å². The van der Waals surface area contributed by atoms with E-state index < -0.39 is 10.0 Å². The van der Waals surface area contributed by atoms with Crippen molar-refractivity contribution in [3.8, 4) is 0 Å². The Bertz CT molecular complexity index is 380. The summed E-state index contributed by atoms with van der Waals surface area (Å²) in [6.45, 7) is 3.06. The van der Waals surface area contributed by atoms with E-state index >= 15 is 0 Å². The van der Waals surface area contributed by atoms with Gasteiger partial charge in [-0.1, -0.05) is 6.42 Å². The molecule has 6 heteroatoms. The average Bonchev–Trinajstić information content (AvgIpc) is 2.59. The van der Waals surface area contributed by atoms with E-state index in [1.54, 1.807) is 0 Å². The summed E-state index contributed by atoms with van der Waals surface area (Å²) in [6.07, 6.45) is 8.42. The molecule has 1 saturated heterocycles. The smallest absolute Gasteiger partial charge is 0.208 e. The molecule has 2 fully saturated rings. The second kappa shape index (κ2) is 5.69. The predicted octanol–water partition coefficient (Wildman–Crippen LogP) is 1.14. The molecule has 0 aromatic rings. The van der Waals surface area contributed by atoms with Gasteiger partial charge in [0.2, 0.25) is 10.0 Å². The lowest BCUT2D eigenvalue weighted by atomic mass is 9.70. The zero-order valence-corrected chi connectivity index (χ0v) is 12.9. The highest BCUT2D eigenvalue weighted by Gasteiger charge is 2.39. The Balaban J connectivity index is 1.82. The summed E-state index contributed by atoms with van der Waals surface area (Å²) >= 11 is 1.94. The predicted molar refractivity (Wildman–Crippen MR) is 77.5 cm³/mol. The third-order valence-electron chi connectivity index (χ3n) is 4.08. The van der Waals surface area contributed by atoms with E-state index in [0.29, 0.717) is 5.41 Å². The Labute approximate surface area is 115 Å². The molecule has 2 rings (SSSR count). The molecule has 0 aromatic heterocycles. The molecule has 4 nitrogen and oxygen atoms in total. The molecular weight excluding hydrogens is 268 g/mol. The maximum atomic E-state index is 11.2. The number of sulfonamides is 1. The molecule has 0 unspecified atom stereocenters. The maximum absolute atomic E-state index is 11.2. The van der Waals surface area contributed by atoms with Gasteiger partial charge in [-0.05, 0) is 43.2 Å². The van der Waals surface area contributed by atoms with E-state index in [1.165, 1.54) is 31.3 Å². The number of hydrogen-bond donors (Lipinski definition) is 1. The average molecular weight is 292 g/mol. The standard InChI is InChI=1S/C12H24N2O2S2/c1-17-10-12(5-3-6-12)9-14-7-4-11(8-14)13-18(2,15)16/h11,13H,3-10H2,1-2H3/t11-/m0/s1. The highest BCUT2D eigenvalue weighted by atomic mass is 32.2. The Morgan fingerprint density at radius 1 is 1.44 bits per heavy atom. The number of rotatable bonds is 6. The molecule has 0 amide bonds. The third kappa shape index (κ3) is 3.85. The monoisotopic (exact) mass is 292 g/mol. The molecule has 0 radical (unpaired) electrons. The first kappa shape index (κ1) is 14.6. The van der Waals surface area contributed by atoms with Crippen LogP contribution >= 0.6 is 11.8 Å². The van der Waals surface area contributed by atoms with Crippen molar-refractivity contribution in [3.05, 3.63) is 0 Å². The molecule has 18 heavy (non-hydrogen) atoms. The molecule has 1 aliphatic heterocycles. The van der Waals surface area contributed by atoms with E-state index in [2.05, 4.69) is 15.9 Å². The number of nitrogens with one attached hydrogen (secondary N) is 1. The summed E-state index contributed by atoms with van der Waals surface area (Å²) in [6, 6.07) is 0.117. The summed E-state index contributed by atoms with van der Waals surface area (Å²) in [5.74, 6) is 1.24. The van der Waals surface area contributed by atoms with Crippen LogP contribution in [0.1, 0.15) is 25.7 Å². The van der Waals surface area contributed by atoms with Crippen molar-refractivity contribution in [1.82, 2.24) is 9.62 Å². The normalized spacial score (nSPS) is 28.2. The van der Waals surface area contributed by atoms with Gasteiger partial charge >= 0.3 is 0 Å². The first-order chi connectivity index (χ1) is 8.42. The minimum atomic E-state index is -3.06. The minimum absolute atomic E-state index is 0.117. The first-order valence-electron chi connectivity index (χ1n) is 6.61. The van der Waals surface area contributed by atoms with E-state index in [4.69, 9.17) is 0 Å². The van der Waals surface area contributed by atoms with Gasteiger partial charge in [0.05, 0.1) is 6.26 Å². The molecule has 1 heterocycles. The molecule has 1 aliphatic carbocycles. The van der Waals surface area contributed by atoms with Crippen LogP contribution in [0.15, 0.2) is 0 Å². The summed E-state index contributed by atoms with van der Waals surface area (Å²) in [5.41, 5.74) is 0.513. The zero-order chi connectivity index (χ0) is 13.2. The topological polar surface area (TPSA) is 49.4 Å². The van der Waals surface area contributed by atoms with Crippen LogP contribution < -0.4 is 4.72 Å². The zero-order valence-electron chi connectivity index (χ0n) is 11.3. The SMILES string of the molecule is CSCC1(CN2CC[C@H](NS(C)(=O)=O)C2)CCC1. The lowest BCUT2D eigenvalue weighted by molar-refractivity contribution is 0.103. The van der Waals surface area contributed by atoms with Gasteiger partial charge in [-0.2, -0.15) is 11.8 Å². The van der Waals surface area contributed by atoms with E-state index in [1.807, 2.05) is 11.8 Å². The van der Waals surface area contributed by atoms with Crippen molar-refractivity contribution in [1.29, 1.82) is 0 Å². The van der Waals surface area contributed by atoms with Gasteiger partial charge in [-0.25, -0.2) is 13.1 Å².